The number of amides is 1. The molecule has 0 bridgehead atoms. The number of nitrogens with zero attached hydrogens (tertiary/aromatic N) is 2. The Bertz CT molecular complexity index is 973. The molecule has 28 heavy (non-hydrogen) atoms. The van der Waals surface area contributed by atoms with Crippen LogP contribution in [0.2, 0.25) is 0 Å². The van der Waals surface area contributed by atoms with Crippen molar-refractivity contribution >= 4 is 17.6 Å². The minimum absolute atomic E-state index is 0.191. The van der Waals surface area contributed by atoms with Crippen molar-refractivity contribution < 1.29 is 19.1 Å². The molecule has 0 saturated heterocycles. The fraction of sp³-hybridized carbons (Fsp3) is 0.136. The highest BCUT2D eigenvalue weighted by Crippen LogP contribution is 2.32. The monoisotopic (exact) mass is 376 g/mol. The number of hydrogen-bond donors (Lipinski definition) is 0. The third-order valence-electron chi connectivity index (χ3n) is 3.93. The molecule has 3 rings (SSSR count). The van der Waals surface area contributed by atoms with Crippen molar-refractivity contribution in [1.29, 1.82) is 0 Å². The van der Waals surface area contributed by atoms with Gasteiger partial charge >= 0.3 is 5.97 Å². The number of pyridine rings is 1. The van der Waals surface area contributed by atoms with E-state index in [9.17, 15) is 9.59 Å². The summed E-state index contributed by atoms with van der Waals surface area (Å²) in [5.41, 5.74) is 1.22. The van der Waals surface area contributed by atoms with Crippen molar-refractivity contribution in [2.75, 3.05) is 4.90 Å². The Morgan fingerprint density at radius 3 is 2.36 bits per heavy atom. The van der Waals surface area contributed by atoms with Crippen LogP contribution in [0.25, 0.3) is 0 Å². The number of rotatable bonds is 6. The molecule has 0 N–H and O–H groups in total. The highest BCUT2D eigenvalue weighted by molar-refractivity contribution is 5.92. The van der Waals surface area contributed by atoms with Gasteiger partial charge in [0.1, 0.15) is 17.2 Å². The number of anilines is 1. The van der Waals surface area contributed by atoms with E-state index >= 15 is 0 Å². The Morgan fingerprint density at radius 1 is 0.929 bits per heavy atom. The van der Waals surface area contributed by atoms with Crippen LogP contribution >= 0.6 is 0 Å². The van der Waals surface area contributed by atoms with Crippen molar-refractivity contribution in [1.82, 2.24) is 4.98 Å². The van der Waals surface area contributed by atoms with Gasteiger partial charge in [0, 0.05) is 25.6 Å². The second-order valence-corrected chi connectivity index (χ2v) is 6.05. The predicted molar refractivity (Wildman–Crippen MR) is 105 cm³/mol. The molecule has 6 nitrogen and oxygen atoms in total. The summed E-state index contributed by atoms with van der Waals surface area (Å²) >= 11 is 0. The highest BCUT2D eigenvalue weighted by atomic mass is 16.5. The molecular formula is C22H20N2O4. The standard InChI is InChI=1S/C22H20N2O4/c1-16(25)24(15-18-9-6-7-13-21(18)27-17(2)26)20-12-8-14-23-22(20)28-19-10-4-3-5-11-19/h3-14H,15H2,1-2H3. The van der Waals surface area contributed by atoms with Crippen LogP contribution in [-0.4, -0.2) is 16.9 Å². The Kier molecular flexibility index (Phi) is 6.01. The second kappa shape index (κ2) is 8.81. The topological polar surface area (TPSA) is 68.7 Å². The smallest absolute Gasteiger partial charge is 0.308 e. The van der Waals surface area contributed by atoms with Gasteiger partial charge in [-0.25, -0.2) is 4.98 Å². The largest absolute Gasteiger partial charge is 0.437 e. The second-order valence-electron chi connectivity index (χ2n) is 6.05. The van der Waals surface area contributed by atoms with Crippen molar-refractivity contribution in [3.63, 3.8) is 0 Å². The Hall–Kier alpha value is -3.67. The van der Waals surface area contributed by atoms with Crippen molar-refractivity contribution in [3.05, 3.63) is 78.5 Å². The fourth-order valence-corrected chi connectivity index (χ4v) is 2.69. The number of carbonyl (C=O) groups excluding carboxylic acids is 2. The fourth-order valence-electron chi connectivity index (χ4n) is 2.69. The van der Waals surface area contributed by atoms with Crippen molar-refractivity contribution in [3.8, 4) is 17.4 Å². The summed E-state index contributed by atoms with van der Waals surface area (Å²) < 4.78 is 11.1. The predicted octanol–water partition coefficient (Wildman–Crippen LogP) is 4.35. The van der Waals surface area contributed by atoms with Crippen LogP contribution in [0.3, 0.4) is 0 Å². The molecule has 0 aliphatic rings. The minimum Gasteiger partial charge on any atom is -0.437 e. The molecule has 0 saturated carbocycles. The van der Waals surface area contributed by atoms with Gasteiger partial charge in [0.25, 0.3) is 0 Å². The van der Waals surface area contributed by atoms with Crippen LogP contribution < -0.4 is 14.4 Å². The molecule has 6 heteroatoms. The molecule has 2 aromatic carbocycles. The highest BCUT2D eigenvalue weighted by Gasteiger charge is 2.20. The van der Waals surface area contributed by atoms with E-state index in [-0.39, 0.29) is 12.5 Å². The van der Waals surface area contributed by atoms with Crippen LogP contribution in [0.1, 0.15) is 19.4 Å². The summed E-state index contributed by atoms with van der Waals surface area (Å²) in [6.07, 6.45) is 1.60. The normalized spacial score (nSPS) is 10.2. The molecule has 0 unspecified atom stereocenters. The van der Waals surface area contributed by atoms with Gasteiger partial charge in [-0.15, -0.1) is 0 Å². The van der Waals surface area contributed by atoms with Gasteiger partial charge in [-0.3, -0.25) is 9.59 Å². The molecule has 1 heterocycles. The summed E-state index contributed by atoms with van der Waals surface area (Å²) in [7, 11) is 0. The summed E-state index contributed by atoms with van der Waals surface area (Å²) in [5, 5.41) is 0. The van der Waals surface area contributed by atoms with E-state index in [1.165, 1.54) is 18.7 Å². The number of para-hydroxylation sites is 2. The van der Waals surface area contributed by atoms with Crippen LogP contribution in [0, 0.1) is 0 Å². The molecule has 0 fully saturated rings. The molecule has 1 aromatic heterocycles. The van der Waals surface area contributed by atoms with Gasteiger partial charge < -0.3 is 14.4 Å². The van der Waals surface area contributed by atoms with E-state index in [2.05, 4.69) is 4.98 Å². The maximum atomic E-state index is 12.4. The Balaban J connectivity index is 1.94. The zero-order valence-electron chi connectivity index (χ0n) is 15.7. The van der Waals surface area contributed by atoms with Gasteiger partial charge in [0.05, 0.1) is 6.54 Å². The molecule has 1 amide bonds. The lowest BCUT2D eigenvalue weighted by Crippen LogP contribution is -2.28. The Morgan fingerprint density at radius 2 is 1.64 bits per heavy atom. The molecule has 0 radical (unpaired) electrons. The number of benzene rings is 2. The summed E-state index contributed by atoms with van der Waals surface area (Å²) in [5.74, 6) is 0.732. The van der Waals surface area contributed by atoms with Gasteiger partial charge in [0.2, 0.25) is 11.8 Å². The molecule has 0 aliphatic carbocycles. The molecule has 0 atom stereocenters. The van der Waals surface area contributed by atoms with Crippen LogP contribution in [0.4, 0.5) is 5.69 Å². The zero-order chi connectivity index (χ0) is 19.9. The maximum Gasteiger partial charge on any atom is 0.308 e. The van der Waals surface area contributed by atoms with Crippen LogP contribution in [0.5, 0.6) is 17.4 Å². The van der Waals surface area contributed by atoms with Crippen molar-refractivity contribution in [2.24, 2.45) is 0 Å². The lowest BCUT2D eigenvalue weighted by Gasteiger charge is -2.24. The van der Waals surface area contributed by atoms with Crippen LogP contribution in [-0.2, 0) is 16.1 Å². The number of carbonyl (C=O) groups is 2. The van der Waals surface area contributed by atoms with Gasteiger partial charge in [-0.1, -0.05) is 36.4 Å². The van der Waals surface area contributed by atoms with E-state index in [1.54, 1.807) is 30.5 Å². The lowest BCUT2D eigenvalue weighted by atomic mass is 10.1. The molecule has 142 valence electrons. The maximum absolute atomic E-state index is 12.4. The average molecular weight is 376 g/mol. The number of hydrogen-bond acceptors (Lipinski definition) is 5. The van der Waals surface area contributed by atoms with Crippen LogP contribution in [0.15, 0.2) is 72.9 Å². The first-order valence-electron chi connectivity index (χ1n) is 8.77. The van der Waals surface area contributed by atoms with Gasteiger partial charge in [-0.05, 0) is 30.3 Å². The van der Waals surface area contributed by atoms with Gasteiger partial charge in [0.15, 0.2) is 0 Å². The molecule has 3 aromatic rings. The number of ether oxygens (including phenoxy) is 2. The third-order valence-corrected chi connectivity index (χ3v) is 3.93. The lowest BCUT2D eigenvalue weighted by molar-refractivity contribution is -0.131. The summed E-state index contributed by atoms with van der Waals surface area (Å²) in [6.45, 7) is 3.01. The molecule has 0 aliphatic heterocycles. The average Bonchev–Trinajstić information content (AvgIpc) is 2.68. The first-order valence-corrected chi connectivity index (χ1v) is 8.77. The first-order chi connectivity index (χ1) is 13.5. The zero-order valence-corrected chi connectivity index (χ0v) is 15.7. The van der Waals surface area contributed by atoms with E-state index in [0.29, 0.717) is 28.6 Å². The SMILES string of the molecule is CC(=O)Oc1ccccc1CN(C(C)=O)c1cccnc1Oc1ccccc1. The summed E-state index contributed by atoms with van der Waals surface area (Å²) in [4.78, 5) is 29.6. The van der Waals surface area contributed by atoms with Crippen molar-refractivity contribution in [2.45, 2.75) is 20.4 Å². The number of esters is 1. The van der Waals surface area contributed by atoms with Gasteiger partial charge in [-0.2, -0.15) is 0 Å². The van der Waals surface area contributed by atoms with E-state index < -0.39 is 5.97 Å². The molecule has 0 spiro atoms. The third kappa shape index (κ3) is 4.73. The quantitative estimate of drug-likeness (QED) is 0.472. The first kappa shape index (κ1) is 19.1. The Labute approximate surface area is 163 Å². The molecular weight excluding hydrogens is 356 g/mol. The van der Waals surface area contributed by atoms with E-state index in [4.69, 9.17) is 9.47 Å². The summed E-state index contributed by atoms with van der Waals surface area (Å²) in [6, 6.07) is 19.8. The van der Waals surface area contributed by atoms with E-state index in [0.717, 1.165) is 0 Å². The number of aromatic nitrogens is 1. The van der Waals surface area contributed by atoms with E-state index in [1.807, 2.05) is 42.5 Å². The minimum atomic E-state index is -0.420.